The van der Waals surface area contributed by atoms with Gasteiger partial charge in [0, 0.05) is 30.1 Å². The van der Waals surface area contributed by atoms with Crippen LogP contribution >= 0.6 is 24.0 Å². The lowest BCUT2D eigenvalue weighted by Crippen LogP contribution is -2.72. The molecule has 0 aliphatic carbocycles. The van der Waals surface area contributed by atoms with Gasteiger partial charge in [-0.15, -0.1) is 24.0 Å². The molecular formula is C19H27IN4O. The average molecular weight is 454 g/mol. The molecule has 1 aliphatic rings. The zero-order valence-corrected chi connectivity index (χ0v) is 17.9. The van der Waals surface area contributed by atoms with E-state index in [1.54, 1.807) is 6.20 Å². The minimum atomic E-state index is 0. The molecule has 6 heteroatoms. The van der Waals surface area contributed by atoms with Gasteiger partial charge in [0.25, 0.3) is 0 Å². The van der Waals surface area contributed by atoms with Crippen molar-refractivity contribution in [1.29, 1.82) is 0 Å². The number of nitrogens with one attached hydrogen (secondary N) is 1. The Balaban J connectivity index is 0.00000225. The molecule has 1 aromatic heterocycles. The molecule has 0 bridgehead atoms. The summed E-state index contributed by atoms with van der Waals surface area (Å²) in [5, 5.41) is 3.37. The van der Waals surface area contributed by atoms with Gasteiger partial charge in [-0.2, -0.15) is 0 Å². The van der Waals surface area contributed by atoms with Gasteiger partial charge in [0.2, 0.25) is 5.89 Å². The number of oxazole rings is 1. The molecule has 1 aliphatic heterocycles. The Morgan fingerprint density at radius 2 is 1.92 bits per heavy atom. The maximum atomic E-state index is 5.84. The van der Waals surface area contributed by atoms with E-state index in [-0.39, 0.29) is 34.9 Å². The number of nitrogens with zero attached hydrogens (tertiary/aromatic N) is 3. The first kappa shape index (κ1) is 19.8. The molecule has 0 amide bonds. The molecule has 1 fully saturated rings. The minimum Gasteiger partial charge on any atom is -0.439 e. The van der Waals surface area contributed by atoms with Crippen LogP contribution in [0.1, 0.15) is 33.6 Å². The molecule has 0 radical (unpaired) electrons. The molecule has 2 aromatic rings. The Kier molecular flexibility index (Phi) is 5.81. The van der Waals surface area contributed by atoms with Gasteiger partial charge in [0.05, 0.1) is 12.7 Å². The van der Waals surface area contributed by atoms with E-state index < -0.39 is 0 Å². The number of aromatic nitrogens is 1. The topological polar surface area (TPSA) is 53.7 Å². The molecule has 1 aromatic carbocycles. The molecule has 5 nitrogen and oxygen atoms in total. The van der Waals surface area contributed by atoms with Gasteiger partial charge < -0.3 is 14.6 Å². The third kappa shape index (κ3) is 3.68. The molecule has 0 atom stereocenters. The number of likely N-dealkylation sites (tertiary alicyclic amines) is 1. The summed E-state index contributed by atoms with van der Waals surface area (Å²) < 4.78 is 5.84. The van der Waals surface area contributed by atoms with E-state index in [1.165, 1.54) is 0 Å². The Hall–Kier alpha value is -1.57. The summed E-state index contributed by atoms with van der Waals surface area (Å²) in [6.45, 7) is 10.6. The van der Waals surface area contributed by atoms with Gasteiger partial charge in [-0.25, -0.2) is 4.98 Å². The first-order valence-corrected chi connectivity index (χ1v) is 8.33. The maximum Gasteiger partial charge on any atom is 0.214 e. The van der Waals surface area contributed by atoms with E-state index in [4.69, 9.17) is 4.42 Å². The predicted molar refractivity (Wildman–Crippen MR) is 112 cm³/mol. The van der Waals surface area contributed by atoms with Gasteiger partial charge in [0.15, 0.2) is 11.7 Å². The summed E-state index contributed by atoms with van der Waals surface area (Å²) in [4.78, 5) is 11.1. The van der Waals surface area contributed by atoms with E-state index in [9.17, 15) is 0 Å². The minimum absolute atomic E-state index is 0. The molecule has 0 unspecified atom stereocenters. The lowest BCUT2D eigenvalue weighted by atomic mass is 9.65. The zero-order chi connectivity index (χ0) is 17.4. The highest BCUT2D eigenvalue weighted by Crippen LogP contribution is 2.46. The van der Waals surface area contributed by atoms with Crippen LogP contribution in [0.5, 0.6) is 0 Å². The molecule has 3 rings (SSSR count). The van der Waals surface area contributed by atoms with Crippen molar-refractivity contribution in [3.05, 3.63) is 42.4 Å². The van der Waals surface area contributed by atoms with Crippen LogP contribution in [-0.2, 0) is 6.54 Å². The second kappa shape index (κ2) is 7.35. The van der Waals surface area contributed by atoms with Crippen LogP contribution in [-0.4, -0.2) is 35.0 Å². The zero-order valence-electron chi connectivity index (χ0n) is 15.5. The van der Waals surface area contributed by atoms with Crippen LogP contribution in [0.15, 0.2) is 45.9 Å². The molecule has 0 spiro atoms. The number of benzene rings is 1. The molecule has 1 N–H and O–H groups in total. The smallest absolute Gasteiger partial charge is 0.214 e. The lowest BCUT2D eigenvalue weighted by Gasteiger charge is -2.62. The van der Waals surface area contributed by atoms with E-state index in [1.807, 2.05) is 37.4 Å². The number of halogens is 1. The fourth-order valence-corrected chi connectivity index (χ4v) is 2.98. The summed E-state index contributed by atoms with van der Waals surface area (Å²) in [7, 11) is 1.81. The molecule has 1 saturated heterocycles. The highest BCUT2D eigenvalue weighted by molar-refractivity contribution is 14.0. The van der Waals surface area contributed by atoms with Crippen molar-refractivity contribution in [2.75, 3.05) is 13.6 Å². The standard InChI is InChI=1S/C19H26N4O.HI/c1-18(2)13-23(19(18,3)4)17(20-5)22-12-16-21-11-15(24-16)14-9-7-6-8-10-14;/h6-11H,12-13H2,1-5H3,(H,20,22);1H. The fraction of sp³-hybridized carbons (Fsp3) is 0.474. The van der Waals surface area contributed by atoms with Crippen LogP contribution in [0.3, 0.4) is 0 Å². The number of hydrogen-bond acceptors (Lipinski definition) is 3. The van der Waals surface area contributed by atoms with Crippen LogP contribution in [0.25, 0.3) is 11.3 Å². The van der Waals surface area contributed by atoms with Gasteiger partial charge in [-0.1, -0.05) is 44.2 Å². The van der Waals surface area contributed by atoms with Gasteiger partial charge in [-0.05, 0) is 13.8 Å². The molecule has 25 heavy (non-hydrogen) atoms. The van der Waals surface area contributed by atoms with Crippen molar-refractivity contribution < 1.29 is 4.42 Å². The average Bonchev–Trinajstić information content (AvgIpc) is 3.04. The number of guanidine groups is 1. The van der Waals surface area contributed by atoms with E-state index in [0.29, 0.717) is 12.4 Å². The Labute approximate surface area is 166 Å². The maximum absolute atomic E-state index is 5.84. The summed E-state index contributed by atoms with van der Waals surface area (Å²) in [5.41, 5.74) is 1.38. The highest BCUT2D eigenvalue weighted by Gasteiger charge is 2.53. The Morgan fingerprint density at radius 1 is 1.24 bits per heavy atom. The number of rotatable bonds is 3. The molecular weight excluding hydrogens is 427 g/mol. The fourth-order valence-electron chi connectivity index (χ4n) is 2.98. The second-order valence-corrected chi connectivity index (χ2v) is 7.41. The monoisotopic (exact) mass is 454 g/mol. The number of aliphatic imine (C=N–C) groups is 1. The van der Waals surface area contributed by atoms with E-state index in [0.717, 1.165) is 23.8 Å². The van der Waals surface area contributed by atoms with E-state index >= 15 is 0 Å². The van der Waals surface area contributed by atoms with Crippen LogP contribution < -0.4 is 5.32 Å². The summed E-state index contributed by atoms with van der Waals surface area (Å²) in [6, 6.07) is 10.0. The molecule has 0 saturated carbocycles. The van der Waals surface area contributed by atoms with Crippen molar-refractivity contribution in [1.82, 2.24) is 15.2 Å². The lowest BCUT2D eigenvalue weighted by molar-refractivity contribution is -0.0668. The van der Waals surface area contributed by atoms with Crippen LogP contribution in [0.4, 0.5) is 0 Å². The van der Waals surface area contributed by atoms with Crippen LogP contribution in [0.2, 0.25) is 0 Å². The van der Waals surface area contributed by atoms with Crippen molar-refractivity contribution in [3.63, 3.8) is 0 Å². The largest absolute Gasteiger partial charge is 0.439 e. The predicted octanol–water partition coefficient (Wildman–Crippen LogP) is 4.16. The van der Waals surface area contributed by atoms with Gasteiger partial charge in [-0.3, -0.25) is 4.99 Å². The Morgan fingerprint density at radius 3 is 2.48 bits per heavy atom. The molecule has 2 heterocycles. The third-order valence-corrected chi connectivity index (χ3v) is 5.36. The summed E-state index contributed by atoms with van der Waals surface area (Å²) >= 11 is 0. The van der Waals surface area contributed by atoms with Crippen molar-refractivity contribution in [3.8, 4) is 11.3 Å². The van der Waals surface area contributed by atoms with Gasteiger partial charge in [0.1, 0.15) is 0 Å². The van der Waals surface area contributed by atoms with Crippen LogP contribution in [0, 0.1) is 5.41 Å². The third-order valence-electron chi connectivity index (χ3n) is 5.36. The molecule has 136 valence electrons. The first-order chi connectivity index (χ1) is 11.3. The van der Waals surface area contributed by atoms with E-state index in [2.05, 4.69) is 47.9 Å². The highest BCUT2D eigenvalue weighted by atomic mass is 127. The quantitative estimate of drug-likeness (QED) is 0.430. The normalized spacial score (nSPS) is 18.3. The van der Waals surface area contributed by atoms with Crippen molar-refractivity contribution in [2.45, 2.75) is 39.8 Å². The second-order valence-electron chi connectivity index (χ2n) is 7.41. The van der Waals surface area contributed by atoms with Crippen molar-refractivity contribution >= 4 is 29.9 Å². The van der Waals surface area contributed by atoms with Gasteiger partial charge >= 0.3 is 0 Å². The Bertz CT molecular complexity index is 737. The number of hydrogen-bond donors (Lipinski definition) is 1. The summed E-state index contributed by atoms with van der Waals surface area (Å²) in [5.74, 6) is 2.33. The van der Waals surface area contributed by atoms with Crippen molar-refractivity contribution in [2.24, 2.45) is 10.4 Å². The first-order valence-electron chi connectivity index (χ1n) is 8.33. The summed E-state index contributed by atoms with van der Waals surface area (Å²) in [6.07, 6.45) is 1.77. The SMILES string of the molecule is CN=C(NCc1ncc(-c2ccccc2)o1)N1CC(C)(C)C1(C)C.I.